The van der Waals surface area contributed by atoms with Crippen LogP contribution < -0.4 is 9.64 Å². The Kier molecular flexibility index (Phi) is 7.33. The van der Waals surface area contributed by atoms with Crippen molar-refractivity contribution in [1.29, 1.82) is 0 Å². The third-order valence-electron chi connectivity index (χ3n) is 8.36. The first-order chi connectivity index (χ1) is 19.7. The summed E-state index contributed by atoms with van der Waals surface area (Å²) >= 11 is 6.54. The SMILES string of the molecule is C=CS(=O)(=O)CCN(C)c1nc(OCC23CCCN2CCC3)nc2c(F)c(-c3cccc4cccc(Cl)c34)ncc12. The first kappa shape index (κ1) is 27.8. The lowest BCUT2D eigenvalue weighted by molar-refractivity contribution is 0.108. The van der Waals surface area contributed by atoms with Crippen LogP contribution >= 0.6 is 11.6 Å². The number of benzene rings is 2. The number of aromatic nitrogens is 3. The van der Waals surface area contributed by atoms with Gasteiger partial charge in [0.25, 0.3) is 0 Å². The second kappa shape index (κ2) is 10.8. The zero-order chi connectivity index (χ0) is 28.8. The molecule has 2 fully saturated rings. The van der Waals surface area contributed by atoms with Gasteiger partial charge in [-0.3, -0.25) is 9.88 Å². The fraction of sp³-hybridized carbons (Fsp3) is 0.367. The van der Waals surface area contributed by atoms with E-state index in [9.17, 15) is 8.42 Å². The van der Waals surface area contributed by atoms with E-state index in [2.05, 4.69) is 26.4 Å². The van der Waals surface area contributed by atoms with Crippen LogP contribution in [0.5, 0.6) is 6.01 Å². The smallest absolute Gasteiger partial charge is 0.319 e. The van der Waals surface area contributed by atoms with E-state index in [0.717, 1.165) is 49.6 Å². The lowest BCUT2D eigenvalue weighted by Crippen LogP contribution is -2.43. The molecule has 41 heavy (non-hydrogen) atoms. The number of hydrogen-bond donors (Lipinski definition) is 0. The van der Waals surface area contributed by atoms with Crippen molar-refractivity contribution in [2.45, 2.75) is 31.2 Å². The molecule has 11 heteroatoms. The zero-order valence-corrected chi connectivity index (χ0v) is 24.4. The average Bonchev–Trinajstić information content (AvgIpc) is 3.55. The van der Waals surface area contributed by atoms with Gasteiger partial charge < -0.3 is 9.64 Å². The van der Waals surface area contributed by atoms with Crippen LogP contribution in [0, 0.1) is 5.82 Å². The van der Waals surface area contributed by atoms with Crippen LogP contribution in [0.1, 0.15) is 25.7 Å². The summed E-state index contributed by atoms with van der Waals surface area (Å²) in [5.41, 5.74) is 0.654. The van der Waals surface area contributed by atoms with Gasteiger partial charge in [0.05, 0.1) is 16.7 Å². The van der Waals surface area contributed by atoms with E-state index >= 15 is 4.39 Å². The van der Waals surface area contributed by atoms with Gasteiger partial charge in [-0.15, -0.1) is 0 Å². The summed E-state index contributed by atoms with van der Waals surface area (Å²) < 4.78 is 46.9. The van der Waals surface area contributed by atoms with E-state index in [4.69, 9.17) is 16.3 Å². The molecule has 0 atom stereocenters. The molecule has 2 aliphatic heterocycles. The van der Waals surface area contributed by atoms with Crippen LogP contribution in [-0.4, -0.2) is 72.9 Å². The average molecular weight is 596 g/mol. The van der Waals surface area contributed by atoms with Gasteiger partial charge in [0.15, 0.2) is 15.7 Å². The third kappa shape index (κ3) is 5.13. The second-order valence-corrected chi connectivity index (χ2v) is 13.3. The van der Waals surface area contributed by atoms with Gasteiger partial charge in [-0.2, -0.15) is 9.97 Å². The molecule has 0 radical (unpaired) electrons. The van der Waals surface area contributed by atoms with Gasteiger partial charge in [0.1, 0.15) is 23.6 Å². The van der Waals surface area contributed by atoms with Crippen molar-refractivity contribution in [3.8, 4) is 17.3 Å². The van der Waals surface area contributed by atoms with Crippen LogP contribution in [-0.2, 0) is 9.84 Å². The Morgan fingerprint density at radius 3 is 2.63 bits per heavy atom. The van der Waals surface area contributed by atoms with Crippen molar-refractivity contribution in [3.63, 3.8) is 0 Å². The molecular formula is C30H31ClFN5O3S. The minimum absolute atomic E-state index is 0.0460. The largest absolute Gasteiger partial charge is 0.461 e. The van der Waals surface area contributed by atoms with Gasteiger partial charge in [-0.05, 0) is 50.2 Å². The van der Waals surface area contributed by atoms with E-state index in [0.29, 0.717) is 33.8 Å². The molecule has 214 valence electrons. The van der Waals surface area contributed by atoms with Crippen molar-refractivity contribution in [2.75, 3.05) is 43.9 Å². The molecule has 6 rings (SSSR count). The minimum Gasteiger partial charge on any atom is -0.461 e. The van der Waals surface area contributed by atoms with Gasteiger partial charge in [0, 0.05) is 41.2 Å². The summed E-state index contributed by atoms with van der Waals surface area (Å²) in [4.78, 5) is 17.8. The van der Waals surface area contributed by atoms with E-state index < -0.39 is 15.7 Å². The lowest BCUT2D eigenvalue weighted by atomic mass is 9.95. The van der Waals surface area contributed by atoms with Crippen molar-refractivity contribution in [2.24, 2.45) is 0 Å². The van der Waals surface area contributed by atoms with E-state index in [1.54, 1.807) is 24.1 Å². The van der Waals surface area contributed by atoms with E-state index in [1.165, 1.54) is 6.20 Å². The molecule has 0 spiro atoms. The molecule has 0 bridgehead atoms. The molecule has 8 nitrogen and oxygen atoms in total. The number of nitrogens with zero attached hydrogens (tertiary/aromatic N) is 5. The molecule has 2 aromatic carbocycles. The molecule has 0 saturated carbocycles. The number of hydrogen-bond acceptors (Lipinski definition) is 8. The molecular weight excluding hydrogens is 565 g/mol. The summed E-state index contributed by atoms with van der Waals surface area (Å²) in [5.74, 6) is -0.461. The molecule has 2 aromatic heterocycles. The summed E-state index contributed by atoms with van der Waals surface area (Å²) in [6.45, 7) is 6.00. The Balaban J connectivity index is 1.45. The number of fused-ring (bicyclic) bond motifs is 3. The first-order valence-electron chi connectivity index (χ1n) is 13.7. The van der Waals surface area contributed by atoms with E-state index in [1.807, 2.05) is 24.3 Å². The zero-order valence-electron chi connectivity index (χ0n) is 22.8. The van der Waals surface area contributed by atoms with Gasteiger partial charge in [0.2, 0.25) is 0 Å². The maximum absolute atomic E-state index is 16.4. The van der Waals surface area contributed by atoms with Crippen LogP contribution in [0.15, 0.2) is 54.6 Å². The maximum Gasteiger partial charge on any atom is 0.319 e. The number of ether oxygens (including phenoxy) is 1. The summed E-state index contributed by atoms with van der Waals surface area (Å²) in [5, 5.41) is 3.34. The number of rotatable bonds is 9. The summed E-state index contributed by atoms with van der Waals surface area (Å²) in [7, 11) is -1.75. The minimum atomic E-state index is -3.45. The maximum atomic E-state index is 16.4. The molecule has 0 amide bonds. The first-order valence-corrected chi connectivity index (χ1v) is 15.8. The van der Waals surface area contributed by atoms with Crippen molar-refractivity contribution in [3.05, 3.63) is 65.4 Å². The summed E-state index contributed by atoms with van der Waals surface area (Å²) in [6, 6.07) is 11.1. The van der Waals surface area contributed by atoms with Crippen molar-refractivity contribution in [1.82, 2.24) is 19.9 Å². The summed E-state index contributed by atoms with van der Waals surface area (Å²) in [6.07, 6.45) is 5.83. The monoisotopic (exact) mass is 595 g/mol. The van der Waals surface area contributed by atoms with Crippen molar-refractivity contribution >= 4 is 48.9 Å². The normalized spacial score (nSPS) is 16.8. The number of pyridine rings is 1. The second-order valence-electron chi connectivity index (χ2n) is 10.8. The highest BCUT2D eigenvalue weighted by atomic mass is 35.5. The molecule has 2 saturated heterocycles. The Morgan fingerprint density at radius 1 is 1.17 bits per heavy atom. The van der Waals surface area contributed by atoms with E-state index in [-0.39, 0.29) is 35.1 Å². The number of halogens is 2. The van der Waals surface area contributed by atoms with Gasteiger partial charge >= 0.3 is 6.01 Å². The van der Waals surface area contributed by atoms with Crippen LogP contribution in [0.25, 0.3) is 32.9 Å². The highest BCUT2D eigenvalue weighted by Crippen LogP contribution is 2.40. The Labute approximate surface area is 243 Å². The Morgan fingerprint density at radius 2 is 1.90 bits per heavy atom. The lowest BCUT2D eigenvalue weighted by Gasteiger charge is -2.31. The fourth-order valence-corrected chi connectivity index (χ4v) is 7.15. The molecule has 4 aromatic rings. The molecule has 0 N–H and O–H groups in total. The standard InChI is InChI=1S/C30H31ClFN5O3S/c1-3-41(38,39)17-16-36(2)28-22-18-33-26(21-10-4-8-20-9-5-11-23(31)24(20)21)25(32)27(22)34-29(35-28)40-19-30-12-6-14-37(30)15-7-13-30/h3-5,8-11,18H,1,6-7,12-17,19H2,2H3. The molecule has 0 aliphatic carbocycles. The topological polar surface area (TPSA) is 88.5 Å². The van der Waals surface area contributed by atoms with Crippen LogP contribution in [0.3, 0.4) is 0 Å². The van der Waals surface area contributed by atoms with Crippen LogP contribution in [0.4, 0.5) is 10.2 Å². The number of sulfone groups is 1. The Bertz CT molecular complexity index is 1750. The molecule has 0 unspecified atom stereocenters. The Hall–Kier alpha value is -3.34. The fourth-order valence-electron chi connectivity index (χ4n) is 6.17. The molecule has 4 heterocycles. The van der Waals surface area contributed by atoms with Gasteiger partial charge in [-0.1, -0.05) is 48.5 Å². The van der Waals surface area contributed by atoms with Crippen molar-refractivity contribution < 1.29 is 17.5 Å². The third-order valence-corrected chi connectivity index (χ3v) is 9.93. The predicted molar refractivity (Wildman–Crippen MR) is 161 cm³/mol. The highest BCUT2D eigenvalue weighted by molar-refractivity contribution is 7.94. The van der Waals surface area contributed by atoms with Gasteiger partial charge in [-0.25, -0.2) is 12.8 Å². The quantitative estimate of drug-likeness (QED) is 0.246. The predicted octanol–water partition coefficient (Wildman–Crippen LogP) is 5.64. The number of anilines is 1. The molecule has 2 aliphatic rings. The van der Waals surface area contributed by atoms with Crippen LogP contribution in [0.2, 0.25) is 5.02 Å². The highest BCUT2D eigenvalue weighted by Gasteiger charge is 2.45.